The van der Waals surface area contributed by atoms with E-state index in [0.29, 0.717) is 0 Å². The van der Waals surface area contributed by atoms with Crippen LogP contribution in [0.15, 0.2) is 40.9 Å². The summed E-state index contributed by atoms with van der Waals surface area (Å²) < 4.78 is 6.80. The Labute approximate surface area is 132 Å². The fourth-order valence-electron chi connectivity index (χ4n) is 2.42. The number of hydrogen-bond acceptors (Lipinski definition) is 2. The van der Waals surface area contributed by atoms with Gasteiger partial charge in [-0.05, 0) is 35.4 Å². The van der Waals surface area contributed by atoms with E-state index >= 15 is 0 Å². The van der Waals surface area contributed by atoms with Gasteiger partial charge in [0.15, 0.2) is 0 Å². The van der Waals surface area contributed by atoms with Crippen LogP contribution in [0.5, 0.6) is 5.75 Å². The third kappa shape index (κ3) is 3.17. The molecule has 0 amide bonds. The van der Waals surface area contributed by atoms with Crippen LogP contribution in [0.2, 0.25) is 5.02 Å². The van der Waals surface area contributed by atoms with Crippen LogP contribution < -0.4 is 10.1 Å². The summed E-state index contributed by atoms with van der Waals surface area (Å²) >= 11 is 9.59. The summed E-state index contributed by atoms with van der Waals surface area (Å²) in [5.41, 5.74) is 3.62. The van der Waals surface area contributed by atoms with Crippen LogP contribution in [0.3, 0.4) is 0 Å². The molecule has 0 radical (unpaired) electrons. The molecule has 0 aliphatic carbocycles. The first-order valence-corrected chi connectivity index (χ1v) is 7.79. The largest absolute Gasteiger partial charge is 0.493 e. The third-order valence-corrected chi connectivity index (χ3v) is 4.13. The van der Waals surface area contributed by atoms with Gasteiger partial charge in [0.2, 0.25) is 0 Å². The maximum Gasteiger partial charge on any atom is 0.127 e. The Hall–Kier alpha value is -1.03. The normalized spacial score (nSPS) is 13.1. The fraction of sp³-hybridized carbons (Fsp3) is 0.250. The summed E-state index contributed by atoms with van der Waals surface area (Å²) in [6.07, 6.45) is 0.954. The first-order chi connectivity index (χ1) is 9.72. The highest BCUT2D eigenvalue weighted by atomic mass is 79.9. The summed E-state index contributed by atoms with van der Waals surface area (Å²) in [6.45, 7) is 2.35. The molecule has 2 aromatic carbocycles. The molecular weight excluding hydrogens is 338 g/mol. The van der Waals surface area contributed by atoms with E-state index in [-0.39, 0.29) is 0 Å². The quantitative estimate of drug-likeness (QED) is 0.884. The summed E-state index contributed by atoms with van der Waals surface area (Å²) in [6, 6.07) is 12.3. The average molecular weight is 353 g/mol. The van der Waals surface area contributed by atoms with Crippen molar-refractivity contribution < 1.29 is 4.74 Å². The van der Waals surface area contributed by atoms with Crippen molar-refractivity contribution in [1.29, 1.82) is 0 Å². The van der Waals surface area contributed by atoms with E-state index in [0.717, 1.165) is 46.9 Å². The number of rotatable bonds is 4. The standard InChI is InChI=1S/C16H15BrClNO/c17-14-3-1-11(2-4-14)9-19-10-13-8-15(18)7-12-5-6-20-16(12)13/h1-4,7-8,19H,5-6,9-10H2. The van der Waals surface area contributed by atoms with Gasteiger partial charge in [-0.15, -0.1) is 0 Å². The number of halogens is 2. The molecule has 0 fully saturated rings. The van der Waals surface area contributed by atoms with Gasteiger partial charge in [0.1, 0.15) is 5.75 Å². The van der Waals surface area contributed by atoms with Crippen molar-refractivity contribution in [3.63, 3.8) is 0 Å². The molecule has 0 atom stereocenters. The molecule has 0 spiro atoms. The fourth-order valence-corrected chi connectivity index (χ4v) is 2.95. The third-order valence-electron chi connectivity index (χ3n) is 3.38. The Morgan fingerprint density at radius 1 is 1.15 bits per heavy atom. The summed E-state index contributed by atoms with van der Waals surface area (Å²) in [5, 5.41) is 4.23. The van der Waals surface area contributed by atoms with Crippen LogP contribution in [-0.2, 0) is 19.5 Å². The lowest BCUT2D eigenvalue weighted by Crippen LogP contribution is -2.13. The topological polar surface area (TPSA) is 21.3 Å². The van der Waals surface area contributed by atoms with Gasteiger partial charge in [-0.25, -0.2) is 0 Å². The Morgan fingerprint density at radius 3 is 2.75 bits per heavy atom. The van der Waals surface area contributed by atoms with E-state index < -0.39 is 0 Å². The molecule has 1 aliphatic rings. The Kier molecular flexibility index (Phi) is 4.29. The molecule has 0 aromatic heterocycles. The molecule has 104 valence electrons. The Morgan fingerprint density at radius 2 is 1.95 bits per heavy atom. The van der Waals surface area contributed by atoms with Crippen LogP contribution in [0.25, 0.3) is 0 Å². The van der Waals surface area contributed by atoms with Crippen molar-refractivity contribution in [2.75, 3.05) is 6.61 Å². The highest BCUT2D eigenvalue weighted by molar-refractivity contribution is 9.10. The van der Waals surface area contributed by atoms with Gasteiger partial charge in [0, 0.05) is 34.6 Å². The second kappa shape index (κ2) is 6.17. The molecule has 4 heteroatoms. The van der Waals surface area contributed by atoms with Crippen LogP contribution in [0.1, 0.15) is 16.7 Å². The molecule has 0 saturated heterocycles. The van der Waals surface area contributed by atoms with Crippen molar-refractivity contribution >= 4 is 27.5 Å². The SMILES string of the molecule is Clc1cc2c(c(CNCc3ccc(Br)cc3)c1)OCC2. The van der Waals surface area contributed by atoms with Crippen molar-refractivity contribution in [2.24, 2.45) is 0 Å². The molecule has 2 nitrogen and oxygen atoms in total. The van der Waals surface area contributed by atoms with Gasteiger partial charge in [-0.3, -0.25) is 0 Å². The lowest BCUT2D eigenvalue weighted by molar-refractivity contribution is 0.352. The van der Waals surface area contributed by atoms with E-state index in [1.54, 1.807) is 0 Å². The summed E-state index contributed by atoms with van der Waals surface area (Å²) in [4.78, 5) is 0. The highest BCUT2D eigenvalue weighted by Gasteiger charge is 2.17. The number of benzene rings is 2. The second-order valence-corrected chi connectivity index (χ2v) is 6.23. The van der Waals surface area contributed by atoms with Crippen LogP contribution in [0.4, 0.5) is 0 Å². The molecule has 1 heterocycles. The number of ether oxygens (including phenoxy) is 1. The molecule has 3 rings (SSSR count). The van der Waals surface area contributed by atoms with E-state index in [1.165, 1.54) is 11.1 Å². The van der Waals surface area contributed by atoms with E-state index in [9.17, 15) is 0 Å². The first-order valence-electron chi connectivity index (χ1n) is 6.61. The highest BCUT2D eigenvalue weighted by Crippen LogP contribution is 2.32. The zero-order chi connectivity index (χ0) is 13.9. The minimum Gasteiger partial charge on any atom is -0.493 e. The first kappa shape index (κ1) is 13.9. The Balaban J connectivity index is 1.65. The van der Waals surface area contributed by atoms with Gasteiger partial charge in [-0.1, -0.05) is 39.7 Å². The predicted molar refractivity (Wildman–Crippen MR) is 85.3 cm³/mol. The molecule has 1 aliphatic heterocycles. The average Bonchev–Trinajstić information content (AvgIpc) is 2.89. The number of nitrogens with one attached hydrogen (secondary N) is 1. The molecule has 0 bridgehead atoms. The molecule has 0 unspecified atom stereocenters. The summed E-state index contributed by atoms with van der Waals surface area (Å²) in [5.74, 6) is 1.01. The number of hydrogen-bond donors (Lipinski definition) is 1. The van der Waals surface area contributed by atoms with E-state index in [1.807, 2.05) is 12.1 Å². The van der Waals surface area contributed by atoms with Crippen molar-refractivity contribution in [1.82, 2.24) is 5.32 Å². The van der Waals surface area contributed by atoms with Gasteiger partial charge in [0.25, 0.3) is 0 Å². The Bertz CT molecular complexity index is 613. The van der Waals surface area contributed by atoms with Gasteiger partial charge in [0.05, 0.1) is 6.61 Å². The van der Waals surface area contributed by atoms with Gasteiger partial charge >= 0.3 is 0 Å². The van der Waals surface area contributed by atoms with Crippen LogP contribution in [-0.4, -0.2) is 6.61 Å². The second-order valence-electron chi connectivity index (χ2n) is 4.88. The van der Waals surface area contributed by atoms with E-state index in [4.69, 9.17) is 16.3 Å². The van der Waals surface area contributed by atoms with Crippen molar-refractivity contribution in [3.8, 4) is 5.75 Å². The lowest BCUT2D eigenvalue weighted by Gasteiger charge is -2.10. The minimum atomic E-state index is 0.759. The maximum atomic E-state index is 6.15. The summed E-state index contributed by atoms with van der Waals surface area (Å²) in [7, 11) is 0. The molecule has 20 heavy (non-hydrogen) atoms. The van der Waals surface area contributed by atoms with Crippen molar-refractivity contribution in [2.45, 2.75) is 19.5 Å². The molecule has 2 aromatic rings. The minimum absolute atomic E-state index is 0.759. The number of fused-ring (bicyclic) bond motifs is 1. The van der Waals surface area contributed by atoms with Gasteiger partial charge < -0.3 is 10.1 Å². The van der Waals surface area contributed by atoms with Crippen LogP contribution in [0, 0.1) is 0 Å². The maximum absolute atomic E-state index is 6.15. The van der Waals surface area contributed by atoms with Crippen molar-refractivity contribution in [3.05, 3.63) is 62.6 Å². The lowest BCUT2D eigenvalue weighted by atomic mass is 10.1. The smallest absolute Gasteiger partial charge is 0.127 e. The molecular formula is C16H15BrClNO. The predicted octanol–water partition coefficient (Wildman–Crippen LogP) is 4.33. The zero-order valence-corrected chi connectivity index (χ0v) is 13.3. The molecule has 0 saturated carbocycles. The van der Waals surface area contributed by atoms with Gasteiger partial charge in [-0.2, -0.15) is 0 Å². The monoisotopic (exact) mass is 351 g/mol. The zero-order valence-electron chi connectivity index (χ0n) is 11.0. The van der Waals surface area contributed by atoms with E-state index in [2.05, 4.69) is 45.5 Å². The molecule has 1 N–H and O–H groups in total. The van der Waals surface area contributed by atoms with Crippen LogP contribution >= 0.6 is 27.5 Å².